The predicted molar refractivity (Wildman–Crippen MR) is 63.9 cm³/mol. The average molecular weight is 283 g/mol. The highest BCUT2D eigenvalue weighted by atomic mass is 19.4. The summed E-state index contributed by atoms with van der Waals surface area (Å²) in [7, 11) is 1.40. The first-order valence-electron chi connectivity index (χ1n) is 5.79. The lowest BCUT2D eigenvalue weighted by molar-refractivity contribution is -0.176. The number of likely N-dealkylation sites (N-methyl/N-ethyl adjacent to an activating group) is 1. The number of nitrogens with zero attached hydrogens (tertiary/aromatic N) is 1. The van der Waals surface area contributed by atoms with E-state index >= 15 is 0 Å². The fourth-order valence-electron chi connectivity index (χ4n) is 1.22. The number of nitrogens with one attached hydrogen (secondary N) is 2. The van der Waals surface area contributed by atoms with Gasteiger partial charge in [0.2, 0.25) is 0 Å². The van der Waals surface area contributed by atoms with E-state index < -0.39 is 23.5 Å². The first-order valence-corrected chi connectivity index (χ1v) is 5.79. The van der Waals surface area contributed by atoms with Gasteiger partial charge >= 0.3 is 12.1 Å². The van der Waals surface area contributed by atoms with Crippen LogP contribution in [-0.2, 0) is 9.59 Å². The van der Waals surface area contributed by atoms with E-state index in [4.69, 9.17) is 0 Å². The Bertz CT molecular complexity index is 341. The molecule has 2 N–H and O–H groups in total. The van der Waals surface area contributed by atoms with E-state index in [1.807, 2.05) is 13.8 Å². The highest BCUT2D eigenvalue weighted by Crippen LogP contribution is 2.17. The molecule has 2 amide bonds. The highest BCUT2D eigenvalue weighted by Gasteiger charge is 2.44. The fraction of sp³-hybridized carbons (Fsp3) is 0.818. The van der Waals surface area contributed by atoms with Crippen molar-refractivity contribution < 1.29 is 22.8 Å². The molecule has 0 fully saturated rings. The molecule has 0 aliphatic rings. The summed E-state index contributed by atoms with van der Waals surface area (Å²) in [6.45, 7) is 6.76. The number of halogens is 3. The summed E-state index contributed by atoms with van der Waals surface area (Å²) in [6.07, 6.45) is -5.01. The molecule has 0 bridgehead atoms. The molecule has 0 aromatic carbocycles. The zero-order chi connectivity index (χ0) is 15.4. The fourth-order valence-corrected chi connectivity index (χ4v) is 1.22. The van der Waals surface area contributed by atoms with Gasteiger partial charge in [-0.15, -0.1) is 0 Å². The van der Waals surface area contributed by atoms with Gasteiger partial charge in [-0.2, -0.15) is 13.2 Å². The molecule has 0 radical (unpaired) electrons. The Balaban J connectivity index is 4.63. The molecule has 0 aromatic rings. The second kappa shape index (κ2) is 6.23. The molecule has 19 heavy (non-hydrogen) atoms. The van der Waals surface area contributed by atoms with Crippen LogP contribution < -0.4 is 10.7 Å². The Kier molecular flexibility index (Phi) is 5.80. The minimum Gasteiger partial charge on any atom is -0.334 e. The van der Waals surface area contributed by atoms with E-state index in [9.17, 15) is 22.8 Å². The van der Waals surface area contributed by atoms with Crippen molar-refractivity contribution in [3.63, 3.8) is 0 Å². The zero-order valence-corrected chi connectivity index (χ0v) is 11.7. The smallest absolute Gasteiger partial charge is 0.334 e. The number of amides is 2. The second-order valence-corrected chi connectivity index (χ2v) is 5.20. The summed E-state index contributed by atoms with van der Waals surface area (Å²) < 4.78 is 36.4. The van der Waals surface area contributed by atoms with Crippen LogP contribution in [0.15, 0.2) is 0 Å². The van der Waals surface area contributed by atoms with Crippen molar-refractivity contribution in [3.05, 3.63) is 0 Å². The maximum atomic E-state index is 12.1. The summed E-state index contributed by atoms with van der Waals surface area (Å²) in [6, 6.07) is 0. The van der Waals surface area contributed by atoms with E-state index in [-0.39, 0.29) is 5.92 Å². The first kappa shape index (κ1) is 17.7. The maximum absolute atomic E-state index is 12.1. The largest absolute Gasteiger partial charge is 0.471 e. The van der Waals surface area contributed by atoms with Crippen LogP contribution in [-0.4, -0.2) is 42.1 Å². The molecule has 0 spiro atoms. The van der Waals surface area contributed by atoms with E-state index in [0.29, 0.717) is 6.54 Å². The molecule has 5 nitrogen and oxygen atoms in total. The number of alkyl halides is 3. The van der Waals surface area contributed by atoms with Crippen molar-refractivity contribution >= 4 is 11.8 Å². The molecule has 8 heteroatoms. The van der Waals surface area contributed by atoms with Crippen molar-refractivity contribution in [3.8, 4) is 0 Å². The van der Waals surface area contributed by atoms with E-state index in [1.165, 1.54) is 20.9 Å². The van der Waals surface area contributed by atoms with Gasteiger partial charge in [0.05, 0.1) is 0 Å². The van der Waals surface area contributed by atoms with Crippen LogP contribution in [0.2, 0.25) is 0 Å². The van der Waals surface area contributed by atoms with E-state index in [0.717, 1.165) is 5.01 Å². The maximum Gasteiger partial charge on any atom is 0.471 e. The number of hydrogen-bond acceptors (Lipinski definition) is 3. The van der Waals surface area contributed by atoms with Crippen LogP contribution in [0.3, 0.4) is 0 Å². The summed E-state index contributed by atoms with van der Waals surface area (Å²) in [5.41, 5.74) is 1.10. The number of hydrazine groups is 1. The van der Waals surface area contributed by atoms with Crippen molar-refractivity contribution in [1.82, 2.24) is 15.8 Å². The molecule has 0 aromatic heterocycles. The van der Waals surface area contributed by atoms with Gasteiger partial charge in [0.1, 0.15) is 5.54 Å². The summed E-state index contributed by atoms with van der Waals surface area (Å²) in [5, 5.41) is 2.75. The Morgan fingerprint density at radius 3 is 2.05 bits per heavy atom. The van der Waals surface area contributed by atoms with Gasteiger partial charge in [-0.25, -0.2) is 5.43 Å². The molecule has 0 heterocycles. The lowest BCUT2D eigenvalue weighted by atomic mass is 10.0. The standard InChI is InChI=1S/C11H20F3N3O2/c1-7(2)6-15-17(5)9(19)10(3,4)16-8(18)11(12,13)14/h7,15H,6H2,1-5H3,(H,16,18). The average Bonchev–Trinajstić information content (AvgIpc) is 2.22. The van der Waals surface area contributed by atoms with Gasteiger partial charge in [0.15, 0.2) is 0 Å². The molecule has 0 atom stereocenters. The van der Waals surface area contributed by atoms with Crippen LogP contribution in [0, 0.1) is 5.92 Å². The Labute approximate surface area is 110 Å². The van der Waals surface area contributed by atoms with Gasteiger partial charge in [-0.1, -0.05) is 13.8 Å². The molecule has 0 saturated heterocycles. The zero-order valence-electron chi connectivity index (χ0n) is 11.7. The highest BCUT2D eigenvalue weighted by molar-refractivity contribution is 5.92. The summed E-state index contributed by atoms with van der Waals surface area (Å²) >= 11 is 0. The molecular weight excluding hydrogens is 263 g/mol. The van der Waals surface area contributed by atoms with Crippen LogP contribution in [0.4, 0.5) is 13.2 Å². The topological polar surface area (TPSA) is 61.4 Å². The molecule has 0 unspecified atom stereocenters. The Morgan fingerprint density at radius 2 is 1.68 bits per heavy atom. The number of rotatable bonds is 5. The molecule has 0 aliphatic heterocycles. The summed E-state index contributed by atoms with van der Waals surface area (Å²) in [4.78, 5) is 22.8. The van der Waals surface area contributed by atoms with Crippen LogP contribution in [0.5, 0.6) is 0 Å². The van der Waals surface area contributed by atoms with Gasteiger partial charge in [0, 0.05) is 13.6 Å². The monoisotopic (exact) mass is 283 g/mol. The van der Waals surface area contributed by atoms with E-state index in [1.54, 1.807) is 5.32 Å². The van der Waals surface area contributed by atoms with Gasteiger partial charge < -0.3 is 5.32 Å². The Morgan fingerprint density at radius 1 is 1.21 bits per heavy atom. The molecule has 0 saturated carbocycles. The third-order valence-electron chi connectivity index (χ3n) is 2.26. The van der Waals surface area contributed by atoms with Gasteiger partial charge in [-0.3, -0.25) is 14.6 Å². The number of carbonyl (C=O) groups excluding carboxylic acids is 2. The van der Waals surface area contributed by atoms with Gasteiger partial charge in [-0.05, 0) is 19.8 Å². The summed E-state index contributed by atoms with van der Waals surface area (Å²) in [5.74, 6) is -2.53. The van der Waals surface area contributed by atoms with Gasteiger partial charge in [0.25, 0.3) is 5.91 Å². The van der Waals surface area contributed by atoms with Crippen molar-refractivity contribution in [2.45, 2.75) is 39.4 Å². The lowest BCUT2D eigenvalue weighted by Crippen LogP contribution is -2.60. The van der Waals surface area contributed by atoms with Crippen molar-refractivity contribution in [1.29, 1.82) is 0 Å². The molecule has 0 rings (SSSR count). The van der Waals surface area contributed by atoms with Crippen molar-refractivity contribution in [2.75, 3.05) is 13.6 Å². The Hall–Kier alpha value is -1.31. The minimum atomic E-state index is -5.01. The predicted octanol–water partition coefficient (Wildman–Crippen LogP) is 1.06. The van der Waals surface area contributed by atoms with Crippen LogP contribution >= 0.6 is 0 Å². The second-order valence-electron chi connectivity index (χ2n) is 5.20. The SMILES string of the molecule is CC(C)CNN(C)C(=O)C(C)(C)NC(=O)C(F)(F)F. The number of hydrogen-bond donors (Lipinski definition) is 2. The third-order valence-corrected chi connectivity index (χ3v) is 2.26. The molecule has 0 aliphatic carbocycles. The number of carbonyl (C=O) groups is 2. The minimum absolute atomic E-state index is 0.267. The molecule has 112 valence electrons. The first-order chi connectivity index (χ1) is 8.38. The van der Waals surface area contributed by atoms with Crippen molar-refractivity contribution in [2.24, 2.45) is 5.92 Å². The lowest BCUT2D eigenvalue weighted by Gasteiger charge is -2.31. The quantitative estimate of drug-likeness (QED) is 0.742. The third kappa shape index (κ3) is 5.91. The normalized spacial score (nSPS) is 12.5. The van der Waals surface area contributed by atoms with Crippen LogP contribution in [0.1, 0.15) is 27.7 Å². The molecular formula is C11H20F3N3O2. The van der Waals surface area contributed by atoms with Crippen LogP contribution in [0.25, 0.3) is 0 Å². The van der Waals surface area contributed by atoms with E-state index in [2.05, 4.69) is 5.43 Å².